The molecule has 2 aliphatic rings. The van der Waals surface area contributed by atoms with E-state index in [-0.39, 0.29) is 29.8 Å². The Kier molecular flexibility index (Phi) is 12.2. The van der Waals surface area contributed by atoms with Gasteiger partial charge in [-0.15, -0.1) is 6.58 Å². The van der Waals surface area contributed by atoms with E-state index in [4.69, 9.17) is 19.2 Å². The Morgan fingerprint density at radius 1 is 1.00 bits per heavy atom. The molecule has 15 nitrogen and oxygen atoms in total. The van der Waals surface area contributed by atoms with Crippen LogP contribution in [0.2, 0.25) is 0 Å². The molecule has 4 aromatic rings. The summed E-state index contributed by atoms with van der Waals surface area (Å²) >= 11 is 0. The van der Waals surface area contributed by atoms with Crippen LogP contribution in [-0.4, -0.2) is 85.1 Å². The van der Waals surface area contributed by atoms with E-state index in [1.807, 2.05) is 42.5 Å². The molecular formula is C45H50N6O9S. The average Bonchev–Trinajstić information content (AvgIpc) is 3.77. The summed E-state index contributed by atoms with van der Waals surface area (Å²) in [6, 6.07) is 21.3. The number of likely N-dealkylation sites (tertiary alicyclic amines) is 1. The molecule has 0 unspecified atom stereocenters. The van der Waals surface area contributed by atoms with Gasteiger partial charge in [0, 0.05) is 35.4 Å². The van der Waals surface area contributed by atoms with Crippen molar-refractivity contribution >= 4 is 44.7 Å². The molecule has 1 aliphatic heterocycles. The highest BCUT2D eigenvalue weighted by Gasteiger charge is 2.61. The number of benzene rings is 3. The number of hydrogen-bond acceptors (Lipinski definition) is 11. The van der Waals surface area contributed by atoms with Gasteiger partial charge in [-0.2, -0.15) is 5.26 Å². The van der Waals surface area contributed by atoms with E-state index in [9.17, 15) is 32.9 Å². The molecule has 2 fully saturated rings. The molecule has 0 bridgehead atoms. The molecule has 2 heterocycles. The Morgan fingerprint density at radius 3 is 2.34 bits per heavy atom. The number of carbonyl (C=O) groups is 4. The van der Waals surface area contributed by atoms with Crippen molar-refractivity contribution in [2.45, 2.75) is 88.6 Å². The summed E-state index contributed by atoms with van der Waals surface area (Å²) < 4.78 is 46.5. The molecule has 0 spiro atoms. The van der Waals surface area contributed by atoms with E-state index in [2.05, 4.69) is 21.9 Å². The van der Waals surface area contributed by atoms with E-state index in [0.29, 0.717) is 28.1 Å². The number of nitrogens with one attached hydrogen (secondary N) is 3. The Balaban J connectivity index is 1.35. The first-order valence-electron chi connectivity index (χ1n) is 19.7. The standard InChI is InChI=1S/C45H50N6O9S/c1-9-29-24-45(29,41(54)50-61(56,57)32-17-13-14-27(20-32)25-46)49-39(52)36-22-31(26-51(36)40(53)38(43(2,3)4)48-42(55)60-44(5,6)7)59-37-23-34(28-15-11-10-12-16-28)47-35-21-30(58-8)18-19-33(35)37/h9-21,23,29,31,36,38H,1,22,24,26H2,2-8H3,(H,48,55)(H,49,52)(H,50,54)/t29-,31-,36+,38-,45-/m1/s1. The summed E-state index contributed by atoms with van der Waals surface area (Å²) in [5.41, 5.74) is -1.38. The lowest BCUT2D eigenvalue weighted by Crippen LogP contribution is -2.60. The van der Waals surface area contributed by atoms with Crippen molar-refractivity contribution in [2.24, 2.45) is 11.3 Å². The number of hydrogen-bond donors (Lipinski definition) is 3. The second kappa shape index (κ2) is 16.9. The van der Waals surface area contributed by atoms with Gasteiger partial charge in [-0.25, -0.2) is 22.9 Å². The van der Waals surface area contributed by atoms with Gasteiger partial charge in [0.25, 0.3) is 15.9 Å². The van der Waals surface area contributed by atoms with Gasteiger partial charge < -0.3 is 29.7 Å². The predicted molar refractivity (Wildman–Crippen MR) is 227 cm³/mol. The average molecular weight is 851 g/mol. The quantitative estimate of drug-likeness (QED) is 0.149. The van der Waals surface area contributed by atoms with Gasteiger partial charge in [-0.3, -0.25) is 14.4 Å². The molecule has 5 atom stereocenters. The molecule has 3 N–H and O–H groups in total. The zero-order chi connectivity index (χ0) is 44.5. The Morgan fingerprint density at radius 2 is 1.72 bits per heavy atom. The Bertz CT molecular complexity index is 2530. The maximum Gasteiger partial charge on any atom is 0.408 e. The minimum absolute atomic E-state index is 0.0297. The number of nitrogens with zero attached hydrogens (tertiary/aromatic N) is 3. The highest BCUT2D eigenvalue weighted by Crippen LogP contribution is 2.45. The molecule has 1 aromatic heterocycles. The number of fused-ring (bicyclic) bond motifs is 1. The summed E-state index contributed by atoms with van der Waals surface area (Å²) in [5.74, 6) is -2.00. The van der Waals surface area contributed by atoms with Crippen molar-refractivity contribution in [2.75, 3.05) is 13.7 Å². The van der Waals surface area contributed by atoms with E-state index in [0.717, 1.165) is 11.6 Å². The molecule has 0 radical (unpaired) electrons. The maximum atomic E-state index is 14.8. The highest BCUT2D eigenvalue weighted by molar-refractivity contribution is 7.90. The molecule has 6 rings (SSSR count). The van der Waals surface area contributed by atoms with Crippen LogP contribution in [0.25, 0.3) is 22.2 Å². The second-order valence-electron chi connectivity index (χ2n) is 17.3. The molecule has 3 aromatic carbocycles. The zero-order valence-electron chi connectivity index (χ0n) is 35.1. The SMILES string of the molecule is C=C[C@@H]1C[C@]1(NC(=O)[C@@H]1C[C@@H](Oc2cc(-c3ccccc3)nc3cc(OC)ccc23)CN1C(=O)[C@@H](NC(=O)OC(C)(C)C)C(C)(C)C)C(=O)NS(=O)(=O)c1cccc(C#N)c1. The molecular weight excluding hydrogens is 801 g/mol. The summed E-state index contributed by atoms with van der Waals surface area (Å²) in [6.45, 7) is 14.1. The van der Waals surface area contributed by atoms with Crippen molar-refractivity contribution in [1.29, 1.82) is 5.26 Å². The van der Waals surface area contributed by atoms with Crippen LogP contribution in [-0.2, 0) is 29.1 Å². The number of carbonyl (C=O) groups excluding carboxylic acids is 4. The van der Waals surface area contributed by atoms with Crippen molar-refractivity contribution in [3.8, 4) is 28.8 Å². The van der Waals surface area contributed by atoms with Crippen molar-refractivity contribution in [3.05, 3.63) is 97.1 Å². The lowest BCUT2D eigenvalue weighted by Gasteiger charge is -2.36. The molecule has 4 amide bonds. The van der Waals surface area contributed by atoms with E-state index in [1.165, 1.54) is 29.2 Å². The summed E-state index contributed by atoms with van der Waals surface area (Å²) in [4.78, 5) is 62.3. The van der Waals surface area contributed by atoms with E-state index >= 15 is 0 Å². The third-order valence-electron chi connectivity index (χ3n) is 10.5. The van der Waals surface area contributed by atoms with Crippen LogP contribution >= 0.6 is 0 Å². The van der Waals surface area contributed by atoms with Crippen molar-refractivity contribution < 1.29 is 41.8 Å². The number of sulfonamides is 1. The predicted octanol–water partition coefficient (Wildman–Crippen LogP) is 5.64. The summed E-state index contributed by atoms with van der Waals surface area (Å²) in [6.07, 6.45) is -0.185. The third-order valence-corrected chi connectivity index (χ3v) is 11.8. The summed E-state index contributed by atoms with van der Waals surface area (Å²) in [7, 11) is -2.92. The Hall–Kier alpha value is -6.47. The number of alkyl carbamates (subject to hydrolysis) is 1. The number of methoxy groups -OCH3 is 1. The second-order valence-corrected chi connectivity index (χ2v) is 18.9. The van der Waals surface area contributed by atoms with Gasteiger partial charge in [-0.1, -0.05) is 63.2 Å². The molecule has 1 saturated heterocycles. The highest BCUT2D eigenvalue weighted by atomic mass is 32.2. The van der Waals surface area contributed by atoms with Gasteiger partial charge >= 0.3 is 6.09 Å². The van der Waals surface area contributed by atoms with Gasteiger partial charge in [-0.05, 0) is 62.9 Å². The topological polar surface area (TPSA) is 206 Å². The zero-order valence-corrected chi connectivity index (χ0v) is 36.0. The smallest absolute Gasteiger partial charge is 0.408 e. The molecule has 61 heavy (non-hydrogen) atoms. The van der Waals surface area contributed by atoms with Gasteiger partial charge in [0.15, 0.2) is 0 Å². The number of amides is 4. The van der Waals surface area contributed by atoms with Crippen LogP contribution < -0.4 is 24.8 Å². The molecule has 1 saturated carbocycles. The molecule has 320 valence electrons. The fraction of sp³-hybridized carbons (Fsp3) is 0.378. The van der Waals surface area contributed by atoms with Crippen LogP contribution in [0.5, 0.6) is 11.5 Å². The number of ether oxygens (including phenoxy) is 3. The Labute approximate surface area is 355 Å². The lowest BCUT2D eigenvalue weighted by atomic mass is 9.85. The number of rotatable bonds is 12. The summed E-state index contributed by atoms with van der Waals surface area (Å²) in [5, 5.41) is 15.4. The van der Waals surface area contributed by atoms with Crippen LogP contribution in [0.3, 0.4) is 0 Å². The van der Waals surface area contributed by atoms with Crippen LogP contribution in [0.15, 0.2) is 96.4 Å². The minimum Gasteiger partial charge on any atom is -0.497 e. The van der Waals surface area contributed by atoms with Crippen LogP contribution in [0, 0.1) is 22.7 Å². The number of pyridine rings is 1. The maximum absolute atomic E-state index is 14.8. The monoisotopic (exact) mass is 850 g/mol. The van der Waals surface area contributed by atoms with Crippen LogP contribution in [0.1, 0.15) is 59.9 Å². The van der Waals surface area contributed by atoms with Gasteiger partial charge in [0.1, 0.15) is 40.8 Å². The minimum atomic E-state index is -4.47. The molecule has 16 heteroatoms. The lowest BCUT2D eigenvalue weighted by molar-refractivity contribution is -0.143. The fourth-order valence-corrected chi connectivity index (χ4v) is 8.38. The first-order valence-corrected chi connectivity index (χ1v) is 21.2. The van der Waals surface area contributed by atoms with Gasteiger partial charge in [0.05, 0.1) is 41.4 Å². The van der Waals surface area contributed by atoms with E-state index in [1.54, 1.807) is 66.9 Å². The normalized spacial score (nSPS) is 20.4. The fourth-order valence-electron chi connectivity index (χ4n) is 7.29. The van der Waals surface area contributed by atoms with Crippen molar-refractivity contribution in [3.63, 3.8) is 0 Å². The third kappa shape index (κ3) is 9.78. The van der Waals surface area contributed by atoms with Crippen molar-refractivity contribution in [1.82, 2.24) is 25.2 Å². The van der Waals surface area contributed by atoms with Crippen LogP contribution in [0.4, 0.5) is 4.79 Å². The first-order chi connectivity index (χ1) is 28.7. The van der Waals surface area contributed by atoms with E-state index < -0.39 is 74.5 Å². The molecule has 1 aliphatic carbocycles. The largest absolute Gasteiger partial charge is 0.497 e. The first kappa shape index (κ1) is 44.1. The number of nitriles is 1. The van der Waals surface area contributed by atoms with Gasteiger partial charge in [0.2, 0.25) is 11.8 Å². The number of aromatic nitrogens is 1.